The van der Waals surface area contributed by atoms with Crippen LogP contribution in [0.1, 0.15) is 93.9 Å². The Kier molecular flexibility index (Phi) is 5.63. The fraction of sp³-hybridized carbons (Fsp3) is 0.857. The summed E-state index contributed by atoms with van der Waals surface area (Å²) in [6, 6.07) is 0. The number of ether oxygens (including phenoxy) is 1. The zero-order valence-corrected chi connectivity index (χ0v) is 20.4. The molecular weight excluding hydrogens is 352 g/mol. The molecule has 2 saturated carbocycles. The van der Waals surface area contributed by atoms with Crippen molar-refractivity contribution in [3.63, 3.8) is 0 Å². The summed E-state index contributed by atoms with van der Waals surface area (Å²) >= 11 is 0. The first kappa shape index (κ1) is 21.7. The van der Waals surface area contributed by atoms with Crippen molar-refractivity contribution in [3.8, 4) is 0 Å². The molecule has 0 radical (unpaired) electrons. The molecule has 0 aromatic rings. The van der Waals surface area contributed by atoms with Gasteiger partial charge in [-0.05, 0) is 127 Å². The molecular formula is C28H46O. The molecule has 0 aliphatic heterocycles. The highest BCUT2D eigenvalue weighted by atomic mass is 16.5. The summed E-state index contributed by atoms with van der Waals surface area (Å²) in [7, 11) is 0. The highest BCUT2D eigenvalue weighted by molar-refractivity contribution is 5.17. The van der Waals surface area contributed by atoms with E-state index in [2.05, 4.69) is 67.5 Å². The van der Waals surface area contributed by atoms with Gasteiger partial charge >= 0.3 is 0 Å². The van der Waals surface area contributed by atoms with Crippen LogP contribution in [-0.4, -0.2) is 11.2 Å². The quantitative estimate of drug-likeness (QED) is 0.439. The molecule has 0 aromatic heterocycles. The van der Waals surface area contributed by atoms with Gasteiger partial charge in [0.2, 0.25) is 0 Å². The second kappa shape index (κ2) is 7.54. The van der Waals surface area contributed by atoms with E-state index in [9.17, 15) is 0 Å². The van der Waals surface area contributed by atoms with E-state index in [1.807, 2.05) is 0 Å². The molecule has 0 heterocycles. The molecule has 0 amide bonds. The third-order valence-corrected chi connectivity index (χ3v) is 9.91. The fourth-order valence-corrected chi connectivity index (χ4v) is 7.97. The van der Waals surface area contributed by atoms with Crippen molar-refractivity contribution in [2.75, 3.05) is 0 Å². The topological polar surface area (TPSA) is 9.23 Å². The van der Waals surface area contributed by atoms with Crippen LogP contribution in [0, 0.1) is 47.3 Å². The van der Waals surface area contributed by atoms with Crippen LogP contribution < -0.4 is 0 Å². The Hall–Kier alpha value is -0.560. The summed E-state index contributed by atoms with van der Waals surface area (Å²) in [5.41, 5.74) is 3.11. The lowest BCUT2D eigenvalue weighted by Crippen LogP contribution is -2.53. The van der Waals surface area contributed by atoms with E-state index in [0.29, 0.717) is 11.8 Å². The maximum absolute atomic E-state index is 7.23. The fourth-order valence-electron chi connectivity index (χ4n) is 7.97. The van der Waals surface area contributed by atoms with Crippen LogP contribution in [0.5, 0.6) is 0 Å². The van der Waals surface area contributed by atoms with E-state index in [0.717, 1.165) is 35.5 Å². The van der Waals surface area contributed by atoms with E-state index in [4.69, 9.17) is 4.74 Å². The van der Waals surface area contributed by atoms with Crippen molar-refractivity contribution in [1.82, 2.24) is 0 Å². The van der Waals surface area contributed by atoms with Crippen LogP contribution >= 0.6 is 0 Å². The molecule has 0 N–H and O–H groups in total. The van der Waals surface area contributed by atoms with Crippen LogP contribution in [-0.2, 0) is 4.74 Å². The molecule has 0 aromatic carbocycles. The number of hydrogen-bond donors (Lipinski definition) is 0. The summed E-state index contributed by atoms with van der Waals surface area (Å²) < 4.78 is 7.23. The third-order valence-electron chi connectivity index (χ3n) is 9.91. The molecule has 2 fully saturated rings. The van der Waals surface area contributed by atoms with Gasteiger partial charge in [0.1, 0.15) is 0 Å². The first-order valence-electron chi connectivity index (χ1n) is 12.5. The Balaban J connectivity index is 1.56. The Morgan fingerprint density at radius 2 is 1.07 bits per heavy atom. The summed E-state index contributed by atoms with van der Waals surface area (Å²) in [4.78, 5) is 0. The Morgan fingerprint density at radius 3 is 1.45 bits per heavy atom. The molecule has 8 unspecified atom stereocenters. The predicted molar refractivity (Wildman–Crippen MR) is 124 cm³/mol. The van der Waals surface area contributed by atoms with Gasteiger partial charge in [0.25, 0.3) is 0 Å². The number of rotatable bonds is 4. The second-order valence-corrected chi connectivity index (χ2v) is 12.5. The molecule has 1 nitrogen and oxygen atoms in total. The van der Waals surface area contributed by atoms with Gasteiger partial charge in [-0.25, -0.2) is 0 Å². The van der Waals surface area contributed by atoms with Crippen LogP contribution in [0.3, 0.4) is 0 Å². The van der Waals surface area contributed by atoms with Gasteiger partial charge in [0.15, 0.2) is 0 Å². The molecule has 4 bridgehead atoms. The Labute approximate surface area is 180 Å². The van der Waals surface area contributed by atoms with E-state index >= 15 is 0 Å². The average molecular weight is 399 g/mol. The molecule has 4 rings (SSSR count). The van der Waals surface area contributed by atoms with Gasteiger partial charge in [-0.1, -0.05) is 37.1 Å². The molecule has 0 saturated heterocycles. The van der Waals surface area contributed by atoms with Crippen molar-refractivity contribution in [1.29, 1.82) is 0 Å². The standard InChI is InChI=1S/C28H46O/c1-17-9-11-21-15-23(17)25(13-19(21)3)27(5,6)29-28(7,8)26-14-20(4)22-12-10-18(2)24(26)16-22/h9-10,19-26H,11-16H2,1-8H3. The first-order valence-corrected chi connectivity index (χ1v) is 12.5. The van der Waals surface area contributed by atoms with Gasteiger partial charge in [-0.2, -0.15) is 0 Å². The van der Waals surface area contributed by atoms with Gasteiger partial charge in [0.05, 0.1) is 11.2 Å². The minimum absolute atomic E-state index is 0.0772. The molecule has 1 heteroatoms. The summed E-state index contributed by atoms with van der Waals surface area (Å²) in [5, 5.41) is 0. The third kappa shape index (κ3) is 3.90. The monoisotopic (exact) mass is 398 g/mol. The Bertz CT molecular complexity index is 622. The lowest BCUT2D eigenvalue weighted by molar-refractivity contribution is -0.202. The Morgan fingerprint density at radius 1 is 0.690 bits per heavy atom. The smallest absolute Gasteiger partial charge is 0.0667 e. The van der Waals surface area contributed by atoms with Crippen LogP contribution in [0.15, 0.2) is 23.3 Å². The van der Waals surface area contributed by atoms with Crippen molar-refractivity contribution in [3.05, 3.63) is 23.3 Å². The van der Waals surface area contributed by atoms with Crippen LogP contribution in [0.25, 0.3) is 0 Å². The van der Waals surface area contributed by atoms with E-state index in [1.165, 1.54) is 38.5 Å². The highest BCUT2D eigenvalue weighted by Gasteiger charge is 2.50. The number of allylic oxidation sites excluding steroid dienone is 4. The van der Waals surface area contributed by atoms with Gasteiger partial charge in [0, 0.05) is 0 Å². The molecule has 8 atom stereocenters. The maximum Gasteiger partial charge on any atom is 0.0667 e. The highest BCUT2D eigenvalue weighted by Crippen LogP contribution is 2.54. The van der Waals surface area contributed by atoms with Gasteiger partial charge in [-0.3, -0.25) is 0 Å². The van der Waals surface area contributed by atoms with Crippen molar-refractivity contribution in [2.24, 2.45) is 47.3 Å². The van der Waals surface area contributed by atoms with Crippen molar-refractivity contribution in [2.45, 2.75) is 105 Å². The minimum atomic E-state index is -0.0772. The second-order valence-electron chi connectivity index (χ2n) is 12.5. The summed E-state index contributed by atoms with van der Waals surface area (Å²) in [6.07, 6.45) is 13.1. The van der Waals surface area contributed by atoms with Crippen molar-refractivity contribution < 1.29 is 4.74 Å². The van der Waals surface area contributed by atoms with Gasteiger partial charge in [-0.15, -0.1) is 0 Å². The predicted octanol–water partition coefficient (Wildman–Crippen LogP) is 7.82. The van der Waals surface area contributed by atoms with Crippen molar-refractivity contribution >= 4 is 0 Å². The SMILES string of the molecule is CC1=CCC2CC1C(C(C)(C)OC(C)(C)C1CC(C)C3CC=C(C)C1C3)CC2C. The normalized spacial score (nSPS) is 42.9. The molecule has 164 valence electrons. The zero-order valence-electron chi connectivity index (χ0n) is 20.4. The largest absolute Gasteiger partial charge is 0.369 e. The van der Waals surface area contributed by atoms with Crippen LogP contribution in [0.2, 0.25) is 0 Å². The lowest BCUT2D eigenvalue weighted by atomic mass is 9.58. The summed E-state index contributed by atoms with van der Waals surface area (Å²) in [5.74, 6) is 6.17. The minimum Gasteiger partial charge on any atom is -0.369 e. The molecule has 4 aliphatic carbocycles. The van der Waals surface area contributed by atoms with Gasteiger partial charge < -0.3 is 4.74 Å². The lowest BCUT2D eigenvalue weighted by Gasteiger charge is -2.55. The van der Waals surface area contributed by atoms with Crippen LogP contribution in [0.4, 0.5) is 0 Å². The molecule has 29 heavy (non-hydrogen) atoms. The van der Waals surface area contributed by atoms with E-state index in [-0.39, 0.29) is 11.2 Å². The van der Waals surface area contributed by atoms with E-state index < -0.39 is 0 Å². The molecule has 4 aliphatic rings. The first-order chi connectivity index (χ1) is 13.5. The molecule has 0 spiro atoms. The number of fused-ring (bicyclic) bond motifs is 4. The summed E-state index contributed by atoms with van der Waals surface area (Å²) in [6.45, 7) is 19.4. The number of hydrogen-bond acceptors (Lipinski definition) is 1. The zero-order chi connectivity index (χ0) is 21.1. The maximum atomic E-state index is 7.23. The van der Waals surface area contributed by atoms with E-state index in [1.54, 1.807) is 11.1 Å². The average Bonchev–Trinajstić information content (AvgIpc) is 2.64.